The van der Waals surface area contributed by atoms with Crippen LogP contribution in [0.2, 0.25) is 0 Å². The van der Waals surface area contributed by atoms with Crippen LogP contribution in [0, 0.1) is 5.92 Å². The third-order valence-electron chi connectivity index (χ3n) is 2.29. The predicted octanol–water partition coefficient (Wildman–Crippen LogP) is -1.54. The maximum Gasteiger partial charge on any atom is 0.247 e. The van der Waals surface area contributed by atoms with Crippen LogP contribution in [0.4, 0.5) is 0 Å². The van der Waals surface area contributed by atoms with Crippen molar-refractivity contribution in [3.05, 3.63) is 0 Å². The summed E-state index contributed by atoms with van der Waals surface area (Å²) >= 11 is 0. The Bertz CT molecular complexity index is 201. The molecule has 3 heteroatoms. The van der Waals surface area contributed by atoms with Gasteiger partial charge in [0.15, 0.2) is 0 Å². The van der Waals surface area contributed by atoms with Crippen molar-refractivity contribution in [2.75, 3.05) is 13.1 Å². The van der Waals surface area contributed by atoms with Crippen LogP contribution in [0.5, 0.6) is 0 Å². The zero-order chi connectivity index (χ0) is 9.35. The van der Waals surface area contributed by atoms with Gasteiger partial charge in [-0.05, 0) is 20.8 Å². The van der Waals surface area contributed by atoms with Crippen LogP contribution in [0.15, 0.2) is 0 Å². The van der Waals surface area contributed by atoms with Gasteiger partial charge in [0.05, 0.1) is 11.5 Å². The fraction of sp³-hybridized carbons (Fsp3) is 0.900. The van der Waals surface area contributed by atoms with Gasteiger partial charge in [0, 0.05) is 0 Å². The molecule has 0 spiro atoms. The van der Waals surface area contributed by atoms with E-state index in [1.54, 1.807) is 0 Å². The molecule has 1 rings (SSSR count). The third kappa shape index (κ3) is 2.87. The van der Waals surface area contributed by atoms with E-state index >= 15 is 0 Å². The molecular formula is C10H21ClN2. The average Bonchev–Trinajstić information content (AvgIpc) is 2.30. The van der Waals surface area contributed by atoms with Crippen molar-refractivity contribution < 1.29 is 17.0 Å². The van der Waals surface area contributed by atoms with Gasteiger partial charge in [-0.15, -0.1) is 0 Å². The lowest BCUT2D eigenvalue weighted by molar-refractivity contribution is -0.590. The molecule has 0 saturated heterocycles. The Labute approximate surface area is 87.8 Å². The van der Waals surface area contributed by atoms with Crippen LogP contribution >= 0.6 is 0 Å². The smallest absolute Gasteiger partial charge is 0.247 e. The van der Waals surface area contributed by atoms with Crippen molar-refractivity contribution in [3.8, 4) is 0 Å². The molecule has 0 atom stereocenters. The molecule has 0 unspecified atom stereocenters. The SMILES string of the molecule is CC(C)C1=[N+](C(C)(C)C)CCN1.[Cl-]. The van der Waals surface area contributed by atoms with Gasteiger partial charge in [0.25, 0.3) is 0 Å². The Balaban J connectivity index is 0.00000144. The molecule has 0 saturated carbocycles. The van der Waals surface area contributed by atoms with E-state index in [9.17, 15) is 0 Å². The fourth-order valence-corrected chi connectivity index (χ4v) is 1.72. The quantitative estimate of drug-likeness (QED) is 0.512. The summed E-state index contributed by atoms with van der Waals surface area (Å²) in [6.45, 7) is 13.5. The maximum atomic E-state index is 3.46. The van der Waals surface area contributed by atoms with Gasteiger partial charge in [-0.2, -0.15) is 0 Å². The van der Waals surface area contributed by atoms with Crippen molar-refractivity contribution in [2.24, 2.45) is 5.92 Å². The minimum Gasteiger partial charge on any atom is -1.00 e. The summed E-state index contributed by atoms with van der Waals surface area (Å²) in [5, 5.41) is 3.46. The van der Waals surface area contributed by atoms with E-state index in [0.717, 1.165) is 13.1 Å². The highest BCUT2D eigenvalue weighted by atomic mass is 35.5. The molecule has 0 aliphatic carbocycles. The molecule has 0 aromatic heterocycles. The molecule has 13 heavy (non-hydrogen) atoms. The number of hydrogen-bond donors (Lipinski definition) is 1. The second kappa shape index (κ2) is 4.32. The van der Waals surface area contributed by atoms with Gasteiger partial charge in [0.1, 0.15) is 13.1 Å². The minimum atomic E-state index is 0. The van der Waals surface area contributed by atoms with Gasteiger partial charge < -0.3 is 12.4 Å². The Morgan fingerprint density at radius 3 is 2.15 bits per heavy atom. The highest BCUT2D eigenvalue weighted by molar-refractivity contribution is 5.80. The lowest BCUT2D eigenvalue weighted by Gasteiger charge is -2.20. The highest BCUT2D eigenvalue weighted by Gasteiger charge is 2.31. The number of nitrogens with one attached hydrogen (secondary N) is 1. The molecule has 78 valence electrons. The van der Waals surface area contributed by atoms with Gasteiger partial charge in [-0.3, -0.25) is 9.89 Å². The maximum absolute atomic E-state index is 3.46. The van der Waals surface area contributed by atoms with Crippen LogP contribution in [0.3, 0.4) is 0 Å². The van der Waals surface area contributed by atoms with E-state index in [1.165, 1.54) is 5.84 Å². The summed E-state index contributed by atoms with van der Waals surface area (Å²) in [7, 11) is 0. The van der Waals surface area contributed by atoms with Gasteiger partial charge in [-0.1, -0.05) is 13.8 Å². The van der Waals surface area contributed by atoms with Crippen LogP contribution in [0.25, 0.3) is 0 Å². The monoisotopic (exact) mass is 204 g/mol. The summed E-state index contributed by atoms with van der Waals surface area (Å²) in [5.41, 5.74) is 0.267. The third-order valence-corrected chi connectivity index (χ3v) is 2.29. The van der Waals surface area contributed by atoms with Gasteiger partial charge >= 0.3 is 0 Å². The zero-order valence-electron chi connectivity index (χ0n) is 9.32. The molecule has 0 aromatic carbocycles. The lowest BCUT2D eigenvalue weighted by atomic mass is 10.1. The summed E-state index contributed by atoms with van der Waals surface area (Å²) in [4.78, 5) is 0. The van der Waals surface area contributed by atoms with E-state index in [4.69, 9.17) is 0 Å². The molecule has 1 aliphatic heterocycles. The van der Waals surface area contributed by atoms with Crippen molar-refractivity contribution in [2.45, 2.75) is 40.2 Å². The lowest BCUT2D eigenvalue weighted by Crippen LogP contribution is -3.00. The highest BCUT2D eigenvalue weighted by Crippen LogP contribution is 2.12. The molecule has 2 nitrogen and oxygen atoms in total. The molecule has 0 radical (unpaired) electrons. The molecule has 1 heterocycles. The zero-order valence-corrected chi connectivity index (χ0v) is 10.1. The Morgan fingerprint density at radius 2 is 1.85 bits per heavy atom. The molecule has 0 aromatic rings. The molecule has 0 fully saturated rings. The van der Waals surface area contributed by atoms with Gasteiger partial charge in [0.2, 0.25) is 5.84 Å². The molecule has 0 bridgehead atoms. The van der Waals surface area contributed by atoms with E-state index in [0.29, 0.717) is 5.92 Å². The number of amidine groups is 1. The van der Waals surface area contributed by atoms with Crippen molar-refractivity contribution in [1.82, 2.24) is 5.32 Å². The average molecular weight is 205 g/mol. The first-order valence-corrected chi connectivity index (χ1v) is 4.81. The van der Waals surface area contributed by atoms with E-state index in [2.05, 4.69) is 44.5 Å². The van der Waals surface area contributed by atoms with Crippen LogP contribution in [-0.2, 0) is 0 Å². The first-order chi connectivity index (χ1) is 5.43. The Hall–Kier alpha value is -0.240. The van der Waals surface area contributed by atoms with E-state index in [1.807, 2.05) is 0 Å². The second-order valence-corrected chi connectivity index (χ2v) is 4.79. The molecule has 0 amide bonds. The fourth-order valence-electron chi connectivity index (χ4n) is 1.72. The van der Waals surface area contributed by atoms with Crippen LogP contribution in [0.1, 0.15) is 34.6 Å². The second-order valence-electron chi connectivity index (χ2n) is 4.79. The topological polar surface area (TPSA) is 15.0 Å². The standard InChI is InChI=1S/C10H20N2.ClH/c1-8(2)9-11-6-7-12(9)10(3,4)5;/h8H,6-7H2,1-5H3;1H. The van der Waals surface area contributed by atoms with Crippen molar-refractivity contribution in [3.63, 3.8) is 0 Å². The predicted molar refractivity (Wildman–Crippen MR) is 52.7 cm³/mol. The van der Waals surface area contributed by atoms with E-state index < -0.39 is 0 Å². The summed E-state index contributed by atoms with van der Waals surface area (Å²) in [6, 6.07) is 0. The Morgan fingerprint density at radius 1 is 1.31 bits per heavy atom. The Kier molecular flexibility index (Phi) is 4.24. The van der Waals surface area contributed by atoms with Crippen LogP contribution < -0.4 is 17.7 Å². The number of rotatable bonds is 1. The van der Waals surface area contributed by atoms with Crippen molar-refractivity contribution >= 4 is 5.84 Å². The summed E-state index contributed by atoms with van der Waals surface area (Å²) < 4.78 is 2.47. The summed E-state index contributed by atoms with van der Waals surface area (Å²) in [6.07, 6.45) is 0. The number of halogens is 1. The molecule has 1 N–H and O–H groups in total. The minimum absolute atomic E-state index is 0. The van der Waals surface area contributed by atoms with E-state index in [-0.39, 0.29) is 17.9 Å². The first-order valence-electron chi connectivity index (χ1n) is 4.81. The molecular weight excluding hydrogens is 184 g/mol. The normalized spacial score (nSPS) is 17.4. The van der Waals surface area contributed by atoms with Crippen LogP contribution in [-0.4, -0.2) is 29.0 Å². The van der Waals surface area contributed by atoms with Gasteiger partial charge in [-0.25, -0.2) is 0 Å². The summed E-state index contributed by atoms with van der Waals surface area (Å²) in [5.74, 6) is 2.02. The van der Waals surface area contributed by atoms with Crippen molar-refractivity contribution in [1.29, 1.82) is 0 Å². The molecule has 1 aliphatic rings. The first kappa shape index (κ1) is 12.8. The number of hydrogen-bond acceptors (Lipinski definition) is 1. The number of nitrogens with zero attached hydrogens (tertiary/aromatic N) is 1. The largest absolute Gasteiger partial charge is 1.00 e.